The summed E-state index contributed by atoms with van der Waals surface area (Å²) < 4.78 is 5.08. The van der Waals surface area contributed by atoms with Gasteiger partial charge < -0.3 is 15.5 Å². The number of H-pyrrole nitrogens is 1. The Balaban J connectivity index is 2.05. The van der Waals surface area contributed by atoms with Crippen molar-refractivity contribution in [3.05, 3.63) is 59.8 Å². The van der Waals surface area contributed by atoms with Crippen LogP contribution in [-0.4, -0.2) is 17.9 Å². The van der Waals surface area contributed by atoms with Crippen LogP contribution in [0.25, 0.3) is 10.9 Å². The number of nitrogen functional groups attached to an aromatic ring is 1. The molecule has 0 aliphatic heterocycles. The molecule has 0 unspecified atom stereocenters. The van der Waals surface area contributed by atoms with E-state index >= 15 is 0 Å². The monoisotopic (exact) mass is 266 g/mol. The molecule has 3 aromatic rings. The normalized spacial score (nSPS) is 10.7. The van der Waals surface area contributed by atoms with Crippen LogP contribution in [0.1, 0.15) is 16.1 Å². The van der Waals surface area contributed by atoms with Gasteiger partial charge in [-0.05, 0) is 30.3 Å². The van der Waals surface area contributed by atoms with Crippen LogP contribution in [0.2, 0.25) is 0 Å². The Bertz CT molecular complexity index is 773. The number of hydrogen-bond acceptors (Lipinski definition) is 3. The molecule has 3 rings (SSSR count). The number of carbonyl (C=O) groups is 1. The molecule has 1 heterocycles. The number of ether oxygens (including phenoxy) is 1. The Morgan fingerprint density at radius 3 is 2.45 bits per heavy atom. The van der Waals surface area contributed by atoms with Gasteiger partial charge in [-0.3, -0.25) is 4.79 Å². The summed E-state index contributed by atoms with van der Waals surface area (Å²) in [5.74, 6) is 0.590. The predicted molar refractivity (Wildman–Crippen MR) is 79.1 cm³/mol. The van der Waals surface area contributed by atoms with E-state index in [0.29, 0.717) is 22.7 Å². The molecule has 0 amide bonds. The molecule has 0 aliphatic rings. The van der Waals surface area contributed by atoms with Crippen molar-refractivity contribution in [1.29, 1.82) is 0 Å². The highest BCUT2D eigenvalue weighted by atomic mass is 16.5. The van der Waals surface area contributed by atoms with Gasteiger partial charge in [0.25, 0.3) is 0 Å². The third kappa shape index (κ3) is 1.91. The first-order valence-electron chi connectivity index (χ1n) is 6.25. The Morgan fingerprint density at radius 2 is 1.80 bits per heavy atom. The van der Waals surface area contributed by atoms with E-state index in [4.69, 9.17) is 10.5 Å². The Hall–Kier alpha value is -2.75. The van der Waals surface area contributed by atoms with Crippen LogP contribution in [0.15, 0.2) is 48.5 Å². The highest BCUT2D eigenvalue weighted by molar-refractivity contribution is 6.15. The lowest BCUT2D eigenvalue weighted by Gasteiger charge is -2.02. The fourth-order valence-electron chi connectivity index (χ4n) is 2.23. The van der Waals surface area contributed by atoms with Crippen molar-refractivity contribution in [2.45, 2.75) is 0 Å². The van der Waals surface area contributed by atoms with Crippen molar-refractivity contribution >= 4 is 22.4 Å². The minimum absolute atomic E-state index is 0.124. The Labute approximate surface area is 116 Å². The second-order valence-electron chi connectivity index (χ2n) is 4.52. The molecule has 4 heteroatoms. The van der Waals surface area contributed by atoms with Crippen molar-refractivity contribution in [3.8, 4) is 5.75 Å². The lowest BCUT2D eigenvalue weighted by Crippen LogP contribution is -2.04. The third-order valence-corrected chi connectivity index (χ3v) is 3.33. The average Bonchev–Trinajstić information content (AvgIpc) is 2.84. The molecule has 0 fully saturated rings. The molecule has 100 valence electrons. The van der Waals surface area contributed by atoms with Crippen LogP contribution in [0, 0.1) is 0 Å². The van der Waals surface area contributed by atoms with Gasteiger partial charge in [0.15, 0.2) is 0 Å². The van der Waals surface area contributed by atoms with Crippen LogP contribution in [0.3, 0.4) is 0 Å². The molecular weight excluding hydrogens is 252 g/mol. The molecule has 0 saturated carbocycles. The fraction of sp³-hybridized carbons (Fsp3) is 0.0625. The number of nitrogens with two attached hydrogens (primary N) is 1. The number of para-hydroxylation sites is 1. The zero-order valence-electron chi connectivity index (χ0n) is 11.0. The molecule has 3 N–H and O–H groups in total. The third-order valence-electron chi connectivity index (χ3n) is 3.33. The number of benzene rings is 2. The van der Waals surface area contributed by atoms with E-state index in [0.717, 1.165) is 10.9 Å². The first-order chi connectivity index (χ1) is 9.70. The SMILES string of the molecule is COc1ccc(C(=O)c2[nH]c3ccccc3c2N)cc1. The van der Waals surface area contributed by atoms with E-state index in [-0.39, 0.29) is 5.78 Å². The first-order valence-corrected chi connectivity index (χ1v) is 6.25. The van der Waals surface area contributed by atoms with Gasteiger partial charge in [0.1, 0.15) is 11.4 Å². The molecule has 0 bridgehead atoms. The predicted octanol–water partition coefficient (Wildman–Crippen LogP) is 2.99. The summed E-state index contributed by atoms with van der Waals surface area (Å²) in [7, 11) is 1.59. The van der Waals surface area contributed by atoms with Gasteiger partial charge in [-0.15, -0.1) is 0 Å². The van der Waals surface area contributed by atoms with Gasteiger partial charge in [-0.1, -0.05) is 18.2 Å². The van der Waals surface area contributed by atoms with Crippen molar-refractivity contribution in [1.82, 2.24) is 4.98 Å². The van der Waals surface area contributed by atoms with Crippen molar-refractivity contribution in [3.63, 3.8) is 0 Å². The summed E-state index contributed by atoms with van der Waals surface area (Å²) >= 11 is 0. The zero-order valence-corrected chi connectivity index (χ0v) is 11.0. The number of aromatic nitrogens is 1. The number of rotatable bonds is 3. The number of hydrogen-bond donors (Lipinski definition) is 2. The number of nitrogens with one attached hydrogen (secondary N) is 1. The van der Waals surface area contributed by atoms with E-state index in [1.165, 1.54) is 0 Å². The molecule has 1 aromatic heterocycles. The van der Waals surface area contributed by atoms with Gasteiger partial charge in [-0.25, -0.2) is 0 Å². The molecule has 0 spiro atoms. The van der Waals surface area contributed by atoms with Gasteiger partial charge in [0, 0.05) is 16.5 Å². The fourth-order valence-corrected chi connectivity index (χ4v) is 2.23. The first kappa shape index (κ1) is 12.3. The molecule has 0 saturated heterocycles. The lowest BCUT2D eigenvalue weighted by atomic mass is 10.1. The minimum Gasteiger partial charge on any atom is -0.497 e. The quantitative estimate of drug-likeness (QED) is 0.716. The largest absolute Gasteiger partial charge is 0.497 e. The zero-order chi connectivity index (χ0) is 14.1. The van der Waals surface area contributed by atoms with E-state index in [1.807, 2.05) is 24.3 Å². The van der Waals surface area contributed by atoms with Crippen molar-refractivity contribution in [2.75, 3.05) is 12.8 Å². The molecule has 4 nitrogen and oxygen atoms in total. The highest BCUT2D eigenvalue weighted by Crippen LogP contribution is 2.26. The van der Waals surface area contributed by atoms with Crippen LogP contribution >= 0.6 is 0 Å². The Morgan fingerprint density at radius 1 is 1.10 bits per heavy atom. The van der Waals surface area contributed by atoms with E-state index in [9.17, 15) is 4.79 Å². The maximum absolute atomic E-state index is 12.5. The van der Waals surface area contributed by atoms with E-state index in [1.54, 1.807) is 31.4 Å². The molecule has 0 aliphatic carbocycles. The van der Waals surface area contributed by atoms with Gasteiger partial charge in [0.05, 0.1) is 12.8 Å². The number of aromatic amines is 1. The van der Waals surface area contributed by atoms with Crippen LogP contribution < -0.4 is 10.5 Å². The summed E-state index contributed by atoms with van der Waals surface area (Å²) in [6.45, 7) is 0. The second-order valence-corrected chi connectivity index (χ2v) is 4.52. The number of fused-ring (bicyclic) bond motifs is 1. The summed E-state index contributed by atoms with van der Waals surface area (Å²) in [6, 6.07) is 14.6. The molecular formula is C16H14N2O2. The maximum Gasteiger partial charge on any atom is 0.211 e. The van der Waals surface area contributed by atoms with Gasteiger partial charge in [-0.2, -0.15) is 0 Å². The molecule has 20 heavy (non-hydrogen) atoms. The van der Waals surface area contributed by atoms with Crippen LogP contribution in [-0.2, 0) is 0 Å². The van der Waals surface area contributed by atoms with E-state index in [2.05, 4.69) is 4.98 Å². The lowest BCUT2D eigenvalue weighted by molar-refractivity contribution is 0.103. The summed E-state index contributed by atoms with van der Waals surface area (Å²) in [5.41, 5.74) is 8.41. The minimum atomic E-state index is -0.124. The van der Waals surface area contributed by atoms with Crippen LogP contribution in [0.4, 0.5) is 5.69 Å². The van der Waals surface area contributed by atoms with E-state index < -0.39 is 0 Å². The summed E-state index contributed by atoms with van der Waals surface area (Å²) in [6.07, 6.45) is 0. The van der Waals surface area contributed by atoms with Crippen LogP contribution in [0.5, 0.6) is 5.75 Å². The summed E-state index contributed by atoms with van der Waals surface area (Å²) in [5, 5.41) is 0.865. The topological polar surface area (TPSA) is 68.1 Å². The maximum atomic E-state index is 12.5. The Kier molecular flexibility index (Phi) is 2.91. The van der Waals surface area contributed by atoms with Gasteiger partial charge in [0.2, 0.25) is 5.78 Å². The standard InChI is InChI=1S/C16H14N2O2/c1-20-11-8-6-10(7-9-11)16(19)15-14(17)12-4-2-3-5-13(12)18-15/h2-9,18H,17H2,1H3. The smallest absolute Gasteiger partial charge is 0.211 e. The molecule has 0 radical (unpaired) electrons. The van der Waals surface area contributed by atoms with Crippen molar-refractivity contribution in [2.24, 2.45) is 0 Å². The second kappa shape index (κ2) is 4.74. The highest BCUT2D eigenvalue weighted by Gasteiger charge is 2.16. The number of anilines is 1. The summed E-state index contributed by atoms with van der Waals surface area (Å²) in [4.78, 5) is 15.6. The number of carbonyl (C=O) groups excluding carboxylic acids is 1. The van der Waals surface area contributed by atoms with Crippen molar-refractivity contribution < 1.29 is 9.53 Å². The van der Waals surface area contributed by atoms with Gasteiger partial charge >= 0.3 is 0 Å². The number of ketones is 1. The molecule has 2 aromatic carbocycles. The average molecular weight is 266 g/mol. The molecule has 0 atom stereocenters. The number of methoxy groups -OCH3 is 1.